The largest absolute Gasteiger partial charge is 0.673 e. The SMILES string of the molecule is F[B-](F)(F)F.N#[N+]c1ccc(CCC(=O)O)cc1. The number of halogens is 4. The Labute approximate surface area is 100.0 Å². The molecule has 0 radical (unpaired) electrons. The van der Waals surface area contributed by atoms with Gasteiger partial charge in [-0.2, -0.15) is 0 Å². The lowest BCUT2D eigenvalue weighted by Crippen LogP contribution is -2.02. The molecule has 0 aliphatic carbocycles. The molecule has 9 heteroatoms. The predicted molar refractivity (Wildman–Crippen MR) is 57.3 cm³/mol. The van der Waals surface area contributed by atoms with Crippen molar-refractivity contribution in [3.05, 3.63) is 34.8 Å². The van der Waals surface area contributed by atoms with E-state index in [1.54, 1.807) is 24.3 Å². The average molecular weight is 264 g/mol. The quantitative estimate of drug-likeness (QED) is 0.516. The van der Waals surface area contributed by atoms with Gasteiger partial charge in [-0.3, -0.25) is 4.79 Å². The summed E-state index contributed by atoms with van der Waals surface area (Å²) in [6, 6.07) is 6.77. The van der Waals surface area contributed by atoms with E-state index >= 15 is 0 Å². The number of carboxylic acid groups (broad SMARTS) is 1. The van der Waals surface area contributed by atoms with Gasteiger partial charge in [0.05, 0.1) is 0 Å². The number of diazo groups is 1. The van der Waals surface area contributed by atoms with Crippen molar-refractivity contribution >= 4 is 18.9 Å². The lowest BCUT2D eigenvalue weighted by atomic mass is 10.1. The van der Waals surface area contributed by atoms with E-state index < -0.39 is 13.2 Å². The molecular formula is C9H9BF4N2O2. The van der Waals surface area contributed by atoms with Crippen molar-refractivity contribution in [2.24, 2.45) is 0 Å². The number of aryl methyl sites for hydroxylation is 1. The summed E-state index contributed by atoms with van der Waals surface area (Å²) in [5.74, 6) is -0.809. The van der Waals surface area contributed by atoms with Gasteiger partial charge in [0.25, 0.3) is 0 Å². The molecule has 0 aliphatic heterocycles. The summed E-state index contributed by atoms with van der Waals surface area (Å²) in [5, 5.41) is 16.8. The van der Waals surface area contributed by atoms with Crippen LogP contribution in [0.25, 0.3) is 4.98 Å². The first kappa shape index (κ1) is 15.9. The van der Waals surface area contributed by atoms with Crippen LogP contribution in [0.4, 0.5) is 23.0 Å². The Bertz CT molecular complexity index is 422. The van der Waals surface area contributed by atoms with E-state index in [9.17, 15) is 22.1 Å². The molecule has 1 aromatic carbocycles. The third-order valence-electron chi connectivity index (χ3n) is 1.68. The summed E-state index contributed by atoms with van der Waals surface area (Å²) >= 11 is 0. The van der Waals surface area contributed by atoms with Crippen LogP contribution in [-0.4, -0.2) is 18.3 Å². The van der Waals surface area contributed by atoms with Crippen LogP contribution in [0.2, 0.25) is 0 Å². The van der Waals surface area contributed by atoms with Crippen LogP contribution in [0.15, 0.2) is 24.3 Å². The summed E-state index contributed by atoms with van der Waals surface area (Å²) in [4.78, 5) is 13.2. The highest BCUT2D eigenvalue weighted by Gasteiger charge is 2.20. The number of rotatable bonds is 3. The molecule has 0 unspecified atom stereocenters. The zero-order chi connectivity index (χ0) is 14.2. The summed E-state index contributed by atoms with van der Waals surface area (Å²) in [5.41, 5.74) is 1.40. The molecule has 0 aromatic heterocycles. The van der Waals surface area contributed by atoms with E-state index in [1.807, 2.05) is 0 Å². The van der Waals surface area contributed by atoms with E-state index in [1.165, 1.54) is 0 Å². The van der Waals surface area contributed by atoms with Gasteiger partial charge in [0.1, 0.15) is 0 Å². The third-order valence-corrected chi connectivity index (χ3v) is 1.68. The maximum Gasteiger partial charge on any atom is 0.673 e. The normalized spacial score (nSPS) is 9.94. The molecule has 1 N–H and O–H groups in total. The molecule has 1 aromatic rings. The maximum absolute atomic E-state index is 10.2. The van der Waals surface area contributed by atoms with Crippen LogP contribution in [0.3, 0.4) is 0 Å². The zero-order valence-corrected chi connectivity index (χ0v) is 9.06. The number of carboxylic acids is 1. The van der Waals surface area contributed by atoms with Gasteiger partial charge in [0.15, 0.2) is 4.98 Å². The fourth-order valence-corrected chi connectivity index (χ4v) is 0.981. The van der Waals surface area contributed by atoms with Gasteiger partial charge >= 0.3 is 18.9 Å². The Morgan fingerprint density at radius 3 is 2.00 bits per heavy atom. The van der Waals surface area contributed by atoms with Crippen molar-refractivity contribution in [1.82, 2.24) is 0 Å². The maximum atomic E-state index is 10.2. The molecule has 0 spiro atoms. The van der Waals surface area contributed by atoms with Crippen molar-refractivity contribution in [2.45, 2.75) is 12.8 Å². The van der Waals surface area contributed by atoms with Crippen LogP contribution in [-0.2, 0) is 11.2 Å². The van der Waals surface area contributed by atoms with Gasteiger partial charge < -0.3 is 22.4 Å². The monoisotopic (exact) mass is 264 g/mol. The topological polar surface area (TPSA) is 65.5 Å². The van der Waals surface area contributed by atoms with Crippen molar-refractivity contribution in [3.63, 3.8) is 0 Å². The Kier molecular flexibility index (Phi) is 6.42. The van der Waals surface area contributed by atoms with Crippen LogP contribution < -0.4 is 0 Å². The van der Waals surface area contributed by atoms with Crippen molar-refractivity contribution in [2.75, 3.05) is 0 Å². The number of carbonyl (C=O) groups is 1. The molecule has 0 bridgehead atoms. The van der Waals surface area contributed by atoms with Gasteiger partial charge in [0, 0.05) is 18.6 Å². The second-order valence-corrected chi connectivity index (χ2v) is 3.16. The molecule has 0 aliphatic rings. The third kappa shape index (κ3) is 10.4. The Morgan fingerprint density at radius 1 is 1.22 bits per heavy atom. The summed E-state index contributed by atoms with van der Waals surface area (Å²) in [6.45, 7) is 0. The first-order valence-corrected chi connectivity index (χ1v) is 4.75. The molecule has 98 valence electrons. The minimum atomic E-state index is -6.00. The van der Waals surface area contributed by atoms with E-state index in [-0.39, 0.29) is 6.42 Å². The minimum Gasteiger partial charge on any atom is -0.481 e. The lowest BCUT2D eigenvalue weighted by Gasteiger charge is -1.94. The van der Waals surface area contributed by atoms with Gasteiger partial charge in [0.2, 0.25) is 5.39 Å². The summed E-state index contributed by atoms with van der Waals surface area (Å²) < 4.78 is 39.0. The van der Waals surface area contributed by atoms with Crippen molar-refractivity contribution < 1.29 is 27.2 Å². The molecule has 0 saturated carbocycles. The first-order chi connectivity index (χ1) is 8.22. The van der Waals surface area contributed by atoms with Gasteiger partial charge in [-0.25, -0.2) is 0 Å². The van der Waals surface area contributed by atoms with E-state index in [0.717, 1.165) is 5.56 Å². The molecule has 0 heterocycles. The highest BCUT2D eigenvalue weighted by molar-refractivity contribution is 6.50. The zero-order valence-electron chi connectivity index (χ0n) is 9.06. The minimum absolute atomic E-state index is 0.121. The molecular weight excluding hydrogens is 255 g/mol. The predicted octanol–water partition coefficient (Wildman–Crippen LogP) is 3.49. The van der Waals surface area contributed by atoms with Crippen LogP contribution in [0, 0.1) is 5.39 Å². The number of hydrogen-bond donors (Lipinski definition) is 1. The van der Waals surface area contributed by atoms with Crippen LogP contribution >= 0.6 is 0 Å². The smallest absolute Gasteiger partial charge is 0.481 e. The molecule has 0 atom stereocenters. The second kappa shape index (κ2) is 7.27. The highest BCUT2D eigenvalue weighted by Crippen LogP contribution is 2.13. The van der Waals surface area contributed by atoms with Crippen LogP contribution in [0.1, 0.15) is 12.0 Å². The van der Waals surface area contributed by atoms with Crippen LogP contribution in [0.5, 0.6) is 0 Å². The number of benzene rings is 1. The Hall–Kier alpha value is -2.11. The highest BCUT2D eigenvalue weighted by atomic mass is 19.5. The standard InChI is InChI=1S/C9H8N2O2.BF4/c10-11-8-4-1-7(2-5-8)3-6-9(12)13;2-1(3,4)5/h1-2,4-5H,3,6H2;/q;-1/p+1. The second-order valence-electron chi connectivity index (χ2n) is 3.16. The fourth-order valence-electron chi connectivity index (χ4n) is 0.981. The molecule has 4 nitrogen and oxygen atoms in total. The summed E-state index contributed by atoms with van der Waals surface area (Å²) in [6.07, 6.45) is 0.622. The number of nitrogens with zero attached hydrogens (tertiary/aromatic N) is 2. The molecule has 0 saturated heterocycles. The lowest BCUT2D eigenvalue weighted by molar-refractivity contribution is -0.136. The summed E-state index contributed by atoms with van der Waals surface area (Å²) in [7, 11) is -6.00. The van der Waals surface area contributed by atoms with Crippen molar-refractivity contribution in [1.29, 1.82) is 5.39 Å². The van der Waals surface area contributed by atoms with Gasteiger partial charge in [-0.1, -0.05) is 12.1 Å². The van der Waals surface area contributed by atoms with E-state index in [2.05, 4.69) is 4.98 Å². The number of hydrogen-bond acceptors (Lipinski definition) is 2. The average Bonchev–Trinajstić information content (AvgIpc) is 2.25. The fraction of sp³-hybridized carbons (Fsp3) is 0.222. The Balaban J connectivity index is 0.000000494. The van der Waals surface area contributed by atoms with E-state index in [0.29, 0.717) is 12.1 Å². The van der Waals surface area contributed by atoms with Crippen molar-refractivity contribution in [3.8, 4) is 0 Å². The molecule has 0 fully saturated rings. The van der Waals surface area contributed by atoms with Gasteiger partial charge in [-0.15, -0.1) is 0 Å². The van der Waals surface area contributed by atoms with Gasteiger partial charge in [-0.05, 0) is 12.0 Å². The molecule has 0 amide bonds. The molecule has 18 heavy (non-hydrogen) atoms. The molecule has 1 rings (SSSR count). The van der Waals surface area contributed by atoms with E-state index in [4.69, 9.17) is 10.5 Å². The number of aliphatic carboxylic acids is 1. The Morgan fingerprint density at radius 2 is 1.67 bits per heavy atom. The first-order valence-electron chi connectivity index (χ1n) is 4.75.